The summed E-state index contributed by atoms with van der Waals surface area (Å²) in [6.45, 7) is 12.6. The maximum absolute atomic E-state index is 13.1. The van der Waals surface area contributed by atoms with Gasteiger partial charge >= 0.3 is 0 Å². The number of carbonyl (C=O) groups is 1. The minimum atomic E-state index is 0.0585. The molecule has 5 heteroatoms. The quantitative estimate of drug-likeness (QED) is 0.823. The summed E-state index contributed by atoms with van der Waals surface area (Å²) in [4.78, 5) is 26.5. The molecule has 2 fully saturated rings. The molecule has 138 valence electrons. The summed E-state index contributed by atoms with van der Waals surface area (Å²) in [5, 5.41) is 0. The van der Waals surface area contributed by atoms with E-state index >= 15 is 0 Å². The van der Waals surface area contributed by atoms with E-state index in [1.165, 1.54) is 19.4 Å². The van der Waals surface area contributed by atoms with Gasteiger partial charge in [0.1, 0.15) is 11.5 Å². The zero-order valence-corrected chi connectivity index (χ0v) is 16.1. The van der Waals surface area contributed by atoms with Gasteiger partial charge in [-0.15, -0.1) is 0 Å². The first kappa shape index (κ1) is 18.3. The molecule has 1 atom stereocenters. The Morgan fingerprint density at radius 1 is 1.24 bits per heavy atom. The van der Waals surface area contributed by atoms with Crippen molar-refractivity contribution < 1.29 is 4.79 Å². The highest BCUT2D eigenvalue weighted by Gasteiger charge is 2.33. The molecule has 1 aromatic rings. The van der Waals surface area contributed by atoms with Crippen LogP contribution < -0.4 is 0 Å². The Morgan fingerprint density at radius 2 is 2.00 bits per heavy atom. The van der Waals surface area contributed by atoms with Gasteiger partial charge in [-0.05, 0) is 37.2 Å². The molecule has 3 rings (SSSR count). The number of rotatable bonds is 5. The predicted octanol–water partition coefficient (Wildman–Crippen LogP) is 3.18. The van der Waals surface area contributed by atoms with Crippen molar-refractivity contribution in [1.29, 1.82) is 0 Å². The highest BCUT2D eigenvalue weighted by atomic mass is 16.2. The summed E-state index contributed by atoms with van der Waals surface area (Å²) in [5.74, 6) is 2.47. The van der Waals surface area contributed by atoms with Crippen LogP contribution in [0.2, 0.25) is 0 Å². The molecule has 0 aromatic carbocycles. The Hall–Kier alpha value is -1.49. The minimum Gasteiger partial charge on any atom is -0.336 e. The first-order chi connectivity index (χ1) is 12.0. The molecule has 1 aromatic heterocycles. The van der Waals surface area contributed by atoms with E-state index < -0.39 is 0 Å². The van der Waals surface area contributed by atoms with Crippen molar-refractivity contribution in [2.75, 3.05) is 26.2 Å². The van der Waals surface area contributed by atoms with E-state index in [0.717, 1.165) is 37.8 Å². The average Bonchev–Trinajstić information content (AvgIpc) is 3.41. The van der Waals surface area contributed by atoms with Crippen molar-refractivity contribution in [1.82, 2.24) is 19.8 Å². The molecular weight excluding hydrogens is 312 g/mol. The summed E-state index contributed by atoms with van der Waals surface area (Å²) < 4.78 is 0. The van der Waals surface area contributed by atoms with Gasteiger partial charge < -0.3 is 4.90 Å². The molecule has 2 heterocycles. The number of aromatic nitrogens is 2. The maximum atomic E-state index is 13.1. The van der Waals surface area contributed by atoms with Crippen molar-refractivity contribution in [3.8, 4) is 0 Å². The third kappa shape index (κ3) is 4.57. The highest BCUT2D eigenvalue weighted by molar-refractivity contribution is 5.92. The Kier molecular flexibility index (Phi) is 5.72. The highest BCUT2D eigenvalue weighted by Crippen LogP contribution is 2.32. The van der Waals surface area contributed by atoms with E-state index in [1.54, 1.807) is 12.3 Å². The zero-order valence-electron chi connectivity index (χ0n) is 16.1. The fourth-order valence-corrected chi connectivity index (χ4v) is 3.67. The first-order valence-electron chi connectivity index (χ1n) is 9.82. The van der Waals surface area contributed by atoms with Crippen LogP contribution in [0.1, 0.15) is 69.2 Å². The lowest BCUT2D eigenvalue weighted by Crippen LogP contribution is -2.46. The lowest BCUT2D eigenvalue weighted by molar-refractivity contribution is 0.0698. The van der Waals surface area contributed by atoms with Crippen LogP contribution in [0.4, 0.5) is 0 Å². The van der Waals surface area contributed by atoms with Gasteiger partial charge in [-0.1, -0.05) is 27.7 Å². The van der Waals surface area contributed by atoms with Crippen LogP contribution >= 0.6 is 0 Å². The van der Waals surface area contributed by atoms with E-state index in [4.69, 9.17) is 0 Å². The molecule has 1 aliphatic heterocycles. The van der Waals surface area contributed by atoms with Gasteiger partial charge in [-0.2, -0.15) is 0 Å². The second-order valence-corrected chi connectivity index (χ2v) is 8.31. The summed E-state index contributed by atoms with van der Waals surface area (Å²) >= 11 is 0. The Bertz CT molecular complexity index is 597. The van der Waals surface area contributed by atoms with E-state index in [2.05, 4.69) is 42.6 Å². The Balaban J connectivity index is 1.74. The molecule has 25 heavy (non-hydrogen) atoms. The fourth-order valence-electron chi connectivity index (χ4n) is 3.67. The molecule has 1 amide bonds. The topological polar surface area (TPSA) is 49.3 Å². The molecule has 0 bridgehead atoms. The number of hydrogen-bond acceptors (Lipinski definition) is 4. The van der Waals surface area contributed by atoms with Crippen molar-refractivity contribution in [3.63, 3.8) is 0 Å². The number of nitrogens with zero attached hydrogens (tertiary/aromatic N) is 4. The normalized spacial score (nSPS) is 22.5. The largest absolute Gasteiger partial charge is 0.336 e. The Labute approximate surface area is 151 Å². The maximum Gasteiger partial charge on any atom is 0.272 e. The van der Waals surface area contributed by atoms with Crippen molar-refractivity contribution >= 4 is 5.91 Å². The van der Waals surface area contributed by atoms with Crippen LogP contribution in [0.25, 0.3) is 0 Å². The summed E-state index contributed by atoms with van der Waals surface area (Å²) in [6, 6.07) is 2.20. The van der Waals surface area contributed by atoms with Crippen molar-refractivity contribution in [2.24, 2.45) is 11.8 Å². The van der Waals surface area contributed by atoms with E-state index in [9.17, 15) is 4.79 Å². The standard InChI is InChI=1S/C20H32N4O/c1-14(2)18-13-24(11-5-10-23(18)12-16-6-7-16)20(25)17-8-9-21-19(22-17)15(3)4/h8-9,14-16,18H,5-7,10-13H2,1-4H3/t18-/m1/s1. The molecule has 1 saturated heterocycles. The monoisotopic (exact) mass is 344 g/mol. The van der Waals surface area contributed by atoms with Crippen molar-refractivity contribution in [2.45, 2.75) is 58.9 Å². The summed E-state index contributed by atoms with van der Waals surface area (Å²) in [5.41, 5.74) is 0.539. The van der Waals surface area contributed by atoms with Gasteiger partial charge in [-0.3, -0.25) is 9.69 Å². The summed E-state index contributed by atoms with van der Waals surface area (Å²) in [6.07, 6.45) is 5.52. The lowest BCUT2D eigenvalue weighted by Gasteiger charge is -2.34. The van der Waals surface area contributed by atoms with E-state index in [0.29, 0.717) is 17.7 Å². The van der Waals surface area contributed by atoms with Crippen LogP contribution in [0.5, 0.6) is 0 Å². The second-order valence-electron chi connectivity index (χ2n) is 8.31. The predicted molar refractivity (Wildman–Crippen MR) is 99.6 cm³/mol. The van der Waals surface area contributed by atoms with Gasteiger partial charge in [0.05, 0.1) is 0 Å². The van der Waals surface area contributed by atoms with Crippen LogP contribution in [0, 0.1) is 11.8 Å². The molecule has 5 nitrogen and oxygen atoms in total. The molecule has 2 aliphatic rings. The SMILES string of the molecule is CC(C)c1nccc(C(=O)N2CCCN(CC3CC3)[C@@H](C(C)C)C2)n1. The van der Waals surface area contributed by atoms with E-state index in [-0.39, 0.29) is 11.8 Å². The number of carbonyl (C=O) groups excluding carboxylic acids is 1. The smallest absolute Gasteiger partial charge is 0.272 e. The van der Waals surface area contributed by atoms with E-state index in [1.807, 2.05) is 4.90 Å². The van der Waals surface area contributed by atoms with Gasteiger partial charge in [0.2, 0.25) is 0 Å². The summed E-state index contributed by atoms with van der Waals surface area (Å²) in [7, 11) is 0. The third-order valence-corrected chi connectivity index (χ3v) is 5.41. The number of hydrogen-bond donors (Lipinski definition) is 0. The van der Waals surface area contributed by atoms with Crippen LogP contribution in [-0.2, 0) is 0 Å². The molecule has 0 unspecified atom stereocenters. The fraction of sp³-hybridized carbons (Fsp3) is 0.750. The second kappa shape index (κ2) is 7.81. The van der Waals surface area contributed by atoms with Gasteiger partial charge in [0.25, 0.3) is 5.91 Å². The Morgan fingerprint density at radius 3 is 2.64 bits per heavy atom. The van der Waals surface area contributed by atoms with Gasteiger partial charge in [-0.25, -0.2) is 9.97 Å². The van der Waals surface area contributed by atoms with Crippen molar-refractivity contribution in [3.05, 3.63) is 23.8 Å². The average molecular weight is 345 g/mol. The molecule has 0 N–H and O–H groups in total. The first-order valence-corrected chi connectivity index (χ1v) is 9.82. The van der Waals surface area contributed by atoms with Gasteiger partial charge in [0, 0.05) is 44.3 Å². The van der Waals surface area contributed by atoms with Crippen LogP contribution in [0.15, 0.2) is 12.3 Å². The molecular formula is C20H32N4O. The van der Waals surface area contributed by atoms with Crippen LogP contribution in [0.3, 0.4) is 0 Å². The third-order valence-electron chi connectivity index (χ3n) is 5.41. The molecule has 1 saturated carbocycles. The van der Waals surface area contributed by atoms with Crippen LogP contribution in [-0.4, -0.2) is 57.9 Å². The molecule has 0 spiro atoms. The molecule has 0 radical (unpaired) electrons. The molecule has 1 aliphatic carbocycles. The zero-order chi connectivity index (χ0) is 18.0. The van der Waals surface area contributed by atoms with Gasteiger partial charge in [0.15, 0.2) is 0 Å². The number of amides is 1. The lowest BCUT2D eigenvalue weighted by atomic mass is 10.0. The minimum absolute atomic E-state index is 0.0585.